The van der Waals surface area contributed by atoms with E-state index in [1.807, 2.05) is 0 Å². The lowest BCUT2D eigenvalue weighted by molar-refractivity contribution is 0.949. The Morgan fingerprint density at radius 1 is 1.19 bits per heavy atom. The van der Waals surface area contributed by atoms with Crippen molar-refractivity contribution in [3.63, 3.8) is 0 Å². The summed E-state index contributed by atoms with van der Waals surface area (Å²) in [6, 6.07) is 8.76. The summed E-state index contributed by atoms with van der Waals surface area (Å²) < 4.78 is 0. The van der Waals surface area contributed by atoms with Crippen LogP contribution in [0.25, 0.3) is 10.9 Å². The number of fused-ring (bicyclic) bond motifs is 1. The molecule has 1 fully saturated rings. The topological polar surface area (TPSA) is 45.0 Å². The first-order valence-corrected chi connectivity index (χ1v) is 5.93. The quantitative estimate of drug-likeness (QED) is 0.807. The first-order valence-electron chi connectivity index (χ1n) is 5.93. The zero-order valence-corrected chi connectivity index (χ0v) is 9.37. The maximum Gasteiger partial charge on any atom is 0.0457 e. The van der Waals surface area contributed by atoms with Gasteiger partial charge in [0, 0.05) is 41.9 Å². The molecule has 0 aliphatic carbocycles. The van der Waals surface area contributed by atoms with Crippen LogP contribution in [0.2, 0.25) is 0 Å². The first kappa shape index (κ1) is 9.73. The molecule has 2 heterocycles. The lowest BCUT2D eigenvalue weighted by atomic mass is 10.2. The van der Waals surface area contributed by atoms with Gasteiger partial charge >= 0.3 is 0 Å². The average Bonchev–Trinajstić information content (AvgIpc) is 2.96. The summed E-state index contributed by atoms with van der Waals surface area (Å²) in [5.74, 6) is 0. The van der Waals surface area contributed by atoms with Gasteiger partial charge in [0.1, 0.15) is 0 Å². The van der Waals surface area contributed by atoms with Gasteiger partial charge < -0.3 is 15.6 Å². The van der Waals surface area contributed by atoms with Crippen molar-refractivity contribution < 1.29 is 0 Å². The van der Waals surface area contributed by atoms with Crippen molar-refractivity contribution in [2.75, 3.05) is 18.0 Å². The zero-order valence-electron chi connectivity index (χ0n) is 9.37. The number of aromatic amines is 1. The van der Waals surface area contributed by atoms with Gasteiger partial charge in [0.15, 0.2) is 0 Å². The summed E-state index contributed by atoms with van der Waals surface area (Å²) in [5, 5.41) is 1.27. The van der Waals surface area contributed by atoms with Crippen LogP contribution in [0.3, 0.4) is 0 Å². The van der Waals surface area contributed by atoms with Crippen molar-refractivity contribution in [3.8, 4) is 0 Å². The summed E-state index contributed by atoms with van der Waals surface area (Å²) in [7, 11) is 0. The molecular formula is C13H17N3. The predicted molar refractivity (Wildman–Crippen MR) is 67.6 cm³/mol. The maximum absolute atomic E-state index is 5.63. The van der Waals surface area contributed by atoms with Gasteiger partial charge in [-0.1, -0.05) is 0 Å². The molecule has 3 rings (SSSR count). The van der Waals surface area contributed by atoms with E-state index < -0.39 is 0 Å². The highest BCUT2D eigenvalue weighted by Gasteiger charge is 2.12. The number of rotatable bonds is 2. The zero-order chi connectivity index (χ0) is 11.0. The van der Waals surface area contributed by atoms with E-state index in [1.54, 1.807) is 0 Å². The van der Waals surface area contributed by atoms with Gasteiger partial charge in [-0.3, -0.25) is 0 Å². The second-order valence-electron chi connectivity index (χ2n) is 4.46. The fourth-order valence-corrected chi connectivity index (χ4v) is 2.46. The molecule has 1 aromatic carbocycles. The van der Waals surface area contributed by atoms with Crippen molar-refractivity contribution in [1.29, 1.82) is 0 Å². The highest BCUT2D eigenvalue weighted by atomic mass is 15.1. The van der Waals surface area contributed by atoms with E-state index in [0.717, 1.165) is 5.69 Å². The number of hydrogen-bond donors (Lipinski definition) is 2. The summed E-state index contributed by atoms with van der Waals surface area (Å²) in [4.78, 5) is 5.77. The molecular weight excluding hydrogens is 198 g/mol. The van der Waals surface area contributed by atoms with Crippen molar-refractivity contribution in [2.45, 2.75) is 19.4 Å². The summed E-state index contributed by atoms with van der Waals surface area (Å²) in [5.41, 5.74) is 9.26. The van der Waals surface area contributed by atoms with E-state index in [2.05, 4.69) is 34.1 Å². The molecule has 3 heteroatoms. The predicted octanol–water partition coefficient (Wildman–Crippen LogP) is 2.23. The van der Waals surface area contributed by atoms with E-state index >= 15 is 0 Å². The molecule has 0 spiro atoms. The Balaban J connectivity index is 2.00. The molecule has 84 valence electrons. The molecule has 3 nitrogen and oxygen atoms in total. The van der Waals surface area contributed by atoms with E-state index in [1.165, 1.54) is 42.5 Å². The third-order valence-electron chi connectivity index (χ3n) is 3.35. The second kappa shape index (κ2) is 3.83. The van der Waals surface area contributed by atoms with Gasteiger partial charge in [0.2, 0.25) is 0 Å². The third kappa shape index (κ3) is 1.57. The van der Waals surface area contributed by atoms with Gasteiger partial charge in [-0.25, -0.2) is 0 Å². The molecule has 1 saturated heterocycles. The Morgan fingerprint density at radius 3 is 2.75 bits per heavy atom. The van der Waals surface area contributed by atoms with Crippen LogP contribution in [0.5, 0.6) is 0 Å². The van der Waals surface area contributed by atoms with Gasteiger partial charge in [-0.15, -0.1) is 0 Å². The number of aromatic nitrogens is 1. The third-order valence-corrected chi connectivity index (χ3v) is 3.35. The fraction of sp³-hybridized carbons (Fsp3) is 0.385. The van der Waals surface area contributed by atoms with Crippen LogP contribution in [-0.2, 0) is 6.54 Å². The Hall–Kier alpha value is -1.48. The Morgan fingerprint density at radius 2 is 2.00 bits per heavy atom. The highest BCUT2D eigenvalue weighted by Crippen LogP contribution is 2.25. The van der Waals surface area contributed by atoms with Crippen LogP contribution in [0.1, 0.15) is 18.5 Å². The number of hydrogen-bond acceptors (Lipinski definition) is 2. The fourth-order valence-electron chi connectivity index (χ4n) is 2.46. The number of benzene rings is 1. The molecule has 0 unspecified atom stereocenters. The molecule has 16 heavy (non-hydrogen) atoms. The van der Waals surface area contributed by atoms with E-state index in [0.29, 0.717) is 6.54 Å². The molecule has 2 aromatic rings. The molecule has 3 N–H and O–H groups in total. The summed E-state index contributed by atoms with van der Waals surface area (Å²) in [6.45, 7) is 2.97. The van der Waals surface area contributed by atoms with Crippen LogP contribution in [0.4, 0.5) is 5.69 Å². The van der Waals surface area contributed by atoms with Crippen LogP contribution < -0.4 is 10.6 Å². The lowest BCUT2D eigenvalue weighted by Gasteiger charge is -2.17. The Kier molecular flexibility index (Phi) is 2.33. The Labute approximate surface area is 95.2 Å². The second-order valence-corrected chi connectivity index (χ2v) is 4.46. The molecule has 0 radical (unpaired) electrons. The van der Waals surface area contributed by atoms with Gasteiger partial charge in [-0.05, 0) is 37.1 Å². The molecule has 0 atom stereocenters. The van der Waals surface area contributed by atoms with Crippen molar-refractivity contribution in [3.05, 3.63) is 30.0 Å². The van der Waals surface area contributed by atoms with Crippen LogP contribution in [-0.4, -0.2) is 18.1 Å². The molecule has 1 aliphatic heterocycles. The number of nitrogens with zero attached hydrogens (tertiary/aromatic N) is 1. The van der Waals surface area contributed by atoms with Crippen molar-refractivity contribution in [1.82, 2.24) is 4.98 Å². The minimum absolute atomic E-state index is 0.577. The van der Waals surface area contributed by atoms with Gasteiger partial charge in [-0.2, -0.15) is 0 Å². The standard InChI is InChI=1S/C13H17N3/c14-9-11-7-10-8-12(3-4-13(10)15-11)16-5-1-2-6-16/h3-4,7-8,15H,1-2,5-6,9,14H2. The smallest absolute Gasteiger partial charge is 0.0457 e. The van der Waals surface area contributed by atoms with Crippen LogP contribution in [0.15, 0.2) is 24.3 Å². The average molecular weight is 215 g/mol. The van der Waals surface area contributed by atoms with E-state index in [-0.39, 0.29) is 0 Å². The van der Waals surface area contributed by atoms with Crippen molar-refractivity contribution in [2.24, 2.45) is 5.73 Å². The monoisotopic (exact) mass is 215 g/mol. The number of H-pyrrole nitrogens is 1. The maximum atomic E-state index is 5.63. The van der Waals surface area contributed by atoms with E-state index in [9.17, 15) is 0 Å². The number of nitrogens with one attached hydrogen (secondary N) is 1. The minimum Gasteiger partial charge on any atom is -0.372 e. The van der Waals surface area contributed by atoms with Crippen LogP contribution in [0, 0.1) is 0 Å². The lowest BCUT2D eigenvalue weighted by Crippen LogP contribution is -2.17. The molecule has 0 bridgehead atoms. The van der Waals surface area contributed by atoms with Crippen molar-refractivity contribution >= 4 is 16.6 Å². The summed E-state index contributed by atoms with van der Waals surface area (Å²) in [6.07, 6.45) is 2.64. The molecule has 1 aliphatic rings. The van der Waals surface area contributed by atoms with Gasteiger partial charge in [0.05, 0.1) is 0 Å². The Bertz CT molecular complexity index is 495. The normalized spacial score (nSPS) is 16.2. The van der Waals surface area contributed by atoms with E-state index in [4.69, 9.17) is 5.73 Å². The number of anilines is 1. The summed E-state index contributed by atoms with van der Waals surface area (Å²) >= 11 is 0. The van der Waals surface area contributed by atoms with Crippen LogP contribution >= 0.6 is 0 Å². The number of nitrogens with two attached hydrogens (primary N) is 1. The largest absolute Gasteiger partial charge is 0.372 e. The SMILES string of the molecule is NCc1cc2cc(N3CCCC3)ccc2[nH]1. The molecule has 0 amide bonds. The van der Waals surface area contributed by atoms with Gasteiger partial charge in [0.25, 0.3) is 0 Å². The minimum atomic E-state index is 0.577. The highest BCUT2D eigenvalue weighted by molar-refractivity contribution is 5.84. The molecule has 0 saturated carbocycles. The first-order chi connectivity index (χ1) is 7.86. The molecule has 1 aromatic heterocycles.